The van der Waals surface area contributed by atoms with Crippen LogP contribution < -0.4 is 5.32 Å². The van der Waals surface area contributed by atoms with Crippen molar-refractivity contribution in [2.75, 3.05) is 7.11 Å². The molecule has 0 radical (unpaired) electrons. The van der Waals surface area contributed by atoms with Crippen LogP contribution in [0.15, 0.2) is 30.3 Å². The molecule has 3 rings (SSSR count). The first-order chi connectivity index (χ1) is 11.6. The summed E-state index contributed by atoms with van der Waals surface area (Å²) in [4.78, 5) is 17.0. The van der Waals surface area contributed by atoms with Gasteiger partial charge in [0.05, 0.1) is 41.3 Å². The van der Waals surface area contributed by atoms with Gasteiger partial charge in [0.1, 0.15) is 0 Å². The highest BCUT2D eigenvalue weighted by Gasteiger charge is 2.12. The van der Waals surface area contributed by atoms with E-state index in [1.807, 2.05) is 44.2 Å². The van der Waals surface area contributed by atoms with Gasteiger partial charge in [-0.05, 0) is 38.1 Å². The van der Waals surface area contributed by atoms with E-state index in [-0.39, 0.29) is 5.91 Å². The van der Waals surface area contributed by atoms with Gasteiger partial charge in [-0.25, -0.2) is 0 Å². The minimum Gasteiger partial charge on any atom is -0.378 e. The highest BCUT2D eigenvalue weighted by atomic mass is 16.5. The van der Waals surface area contributed by atoms with Crippen LogP contribution in [0.4, 0.5) is 0 Å². The lowest BCUT2D eigenvalue weighted by molar-refractivity contribution is 0.0949. The number of amides is 1. The summed E-state index contributed by atoms with van der Waals surface area (Å²) in [6, 6.07) is 9.79. The van der Waals surface area contributed by atoms with Crippen LogP contribution in [0.5, 0.6) is 0 Å². The number of hydrogen-bond acceptors (Lipinski definition) is 4. The molecule has 0 atom stereocenters. The average molecular weight is 324 g/mol. The number of aryl methyl sites for hydroxylation is 2. The number of benzene rings is 1. The number of fused-ring (bicyclic) bond motifs is 1. The Hall–Kier alpha value is -2.73. The molecule has 0 aliphatic rings. The quantitative estimate of drug-likeness (QED) is 0.756. The Morgan fingerprint density at radius 3 is 2.88 bits per heavy atom. The average Bonchev–Trinajstić information content (AvgIpc) is 3.00. The summed E-state index contributed by atoms with van der Waals surface area (Å²) in [6.45, 7) is 4.69. The number of nitrogens with zero attached hydrogens (tertiary/aromatic N) is 2. The molecule has 0 unspecified atom stereocenters. The minimum absolute atomic E-state index is 0.147. The lowest BCUT2D eigenvalue weighted by Crippen LogP contribution is -2.24. The van der Waals surface area contributed by atoms with Crippen molar-refractivity contribution in [3.8, 4) is 0 Å². The van der Waals surface area contributed by atoms with Gasteiger partial charge in [0.15, 0.2) is 0 Å². The maximum Gasteiger partial charge on any atom is 0.253 e. The van der Waals surface area contributed by atoms with Crippen LogP contribution in [0.2, 0.25) is 0 Å². The Morgan fingerprint density at radius 2 is 2.08 bits per heavy atom. The third kappa shape index (κ3) is 3.44. The zero-order valence-corrected chi connectivity index (χ0v) is 14.0. The van der Waals surface area contributed by atoms with Crippen molar-refractivity contribution >= 4 is 16.8 Å². The summed E-state index contributed by atoms with van der Waals surface area (Å²) in [5, 5.41) is 10.9. The summed E-state index contributed by atoms with van der Waals surface area (Å²) < 4.78 is 5.02. The van der Waals surface area contributed by atoms with Crippen LogP contribution >= 0.6 is 0 Å². The standard InChI is InChI=1S/C18H20N4O2/c1-11-4-5-17-13(6-11)7-16(12(2)20-17)18(23)19-9-14-8-15(10-24-3)22-21-14/h4-8H,9-10H2,1-3H3,(H,19,23)(H,21,22). The van der Waals surface area contributed by atoms with Crippen LogP contribution in [0, 0.1) is 13.8 Å². The van der Waals surface area contributed by atoms with Crippen LogP contribution in [-0.4, -0.2) is 28.2 Å². The number of aromatic amines is 1. The molecule has 3 aromatic rings. The van der Waals surface area contributed by atoms with E-state index >= 15 is 0 Å². The first kappa shape index (κ1) is 16.1. The highest BCUT2D eigenvalue weighted by molar-refractivity contribution is 5.98. The number of nitrogens with one attached hydrogen (secondary N) is 2. The first-order valence-corrected chi connectivity index (χ1v) is 7.75. The summed E-state index contributed by atoms with van der Waals surface area (Å²) in [6.07, 6.45) is 0. The van der Waals surface area contributed by atoms with E-state index < -0.39 is 0 Å². The maximum atomic E-state index is 12.5. The normalized spacial score (nSPS) is 11.0. The Kier molecular flexibility index (Phi) is 4.57. The maximum absolute atomic E-state index is 12.5. The fraction of sp³-hybridized carbons (Fsp3) is 0.278. The van der Waals surface area contributed by atoms with Gasteiger partial charge in [-0.2, -0.15) is 5.10 Å². The van der Waals surface area contributed by atoms with E-state index in [0.717, 1.165) is 27.9 Å². The van der Waals surface area contributed by atoms with Gasteiger partial charge < -0.3 is 10.1 Å². The molecule has 1 aromatic carbocycles. The Morgan fingerprint density at radius 1 is 1.25 bits per heavy atom. The number of carbonyl (C=O) groups is 1. The Bertz CT molecular complexity index is 886. The molecule has 1 amide bonds. The monoisotopic (exact) mass is 324 g/mol. The molecule has 6 nitrogen and oxygen atoms in total. The van der Waals surface area contributed by atoms with Crippen molar-refractivity contribution in [3.63, 3.8) is 0 Å². The fourth-order valence-electron chi connectivity index (χ4n) is 2.61. The van der Waals surface area contributed by atoms with Gasteiger partial charge in [-0.15, -0.1) is 0 Å². The molecular weight excluding hydrogens is 304 g/mol. The number of methoxy groups -OCH3 is 1. The number of H-pyrrole nitrogens is 1. The van der Waals surface area contributed by atoms with Crippen molar-refractivity contribution in [2.45, 2.75) is 27.0 Å². The van der Waals surface area contributed by atoms with E-state index in [4.69, 9.17) is 4.74 Å². The van der Waals surface area contributed by atoms with Crippen LogP contribution in [-0.2, 0) is 17.9 Å². The molecule has 124 valence electrons. The van der Waals surface area contributed by atoms with Crippen molar-refractivity contribution in [1.82, 2.24) is 20.5 Å². The number of aromatic nitrogens is 3. The van der Waals surface area contributed by atoms with Crippen LogP contribution in [0.1, 0.15) is 33.0 Å². The Labute approximate surface area is 140 Å². The summed E-state index contributed by atoms with van der Waals surface area (Å²) >= 11 is 0. The lowest BCUT2D eigenvalue weighted by Gasteiger charge is -2.08. The summed E-state index contributed by atoms with van der Waals surface area (Å²) in [7, 11) is 1.62. The second-order valence-electron chi connectivity index (χ2n) is 5.82. The third-order valence-corrected chi connectivity index (χ3v) is 3.82. The zero-order valence-electron chi connectivity index (χ0n) is 14.0. The summed E-state index contributed by atoms with van der Waals surface area (Å²) in [5.74, 6) is -0.147. The molecular formula is C18H20N4O2. The van der Waals surface area contributed by atoms with Gasteiger partial charge >= 0.3 is 0 Å². The summed E-state index contributed by atoms with van der Waals surface area (Å²) in [5.41, 5.74) is 4.98. The van der Waals surface area contributed by atoms with Crippen molar-refractivity contribution < 1.29 is 9.53 Å². The SMILES string of the molecule is COCc1cc(CNC(=O)c2cc3cc(C)ccc3nc2C)[nH]n1. The number of pyridine rings is 1. The lowest BCUT2D eigenvalue weighted by atomic mass is 10.1. The first-order valence-electron chi connectivity index (χ1n) is 7.75. The topological polar surface area (TPSA) is 79.9 Å². The molecule has 0 saturated heterocycles. The van der Waals surface area contributed by atoms with Gasteiger partial charge in [-0.3, -0.25) is 14.9 Å². The number of hydrogen-bond donors (Lipinski definition) is 2. The van der Waals surface area contributed by atoms with Gasteiger partial charge in [0.2, 0.25) is 0 Å². The van der Waals surface area contributed by atoms with E-state index in [2.05, 4.69) is 20.5 Å². The smallest absolute Gasteiger partial charge is 0.253 e. The second kappa shape index (κ2) is 6.80. The van der Waals surface area contributed by atoms with Crippen molar-refractivity contribution in [2.24, 2.45) is 0 Å². The molecule has 2 heterocycles. The number of rotatable bonds is 5. The van der Waals surface area contributed by atoms with E-state index in [9.17, 15) is 4.79 Å². The van der Waals surface area contributed by atoms with Crippen LogP contribution in [0.3, 0.4) is 0 Å². The molecule has 2 aromatic heterocycles. The predicted octanol–water partition coefficient (Wildman–Crippen LogP) is 2.65. The largest absolute Gasteiger partial charge is 0.378 e. The van der Waals surface area contributed by atoms with Crippen molar-refractivity contribution in [3.05, 3.63) is 58.5 Å². The molecule has 0 spiro atoms. The second-order valence-corrected chi connectivity index (χ2v) is 5.82. The molecule has 0 aliphatic heterocycles. The molecule has 24 heavy (non-hydrogen) atoms. The molecule has 2 N–H and O–H groups in total. The van der Waals surface area contributed by atoms with E-state index in [1.54, 1.807) is 7.11 Å². The zero-order chi connectivity index (χ0) is 17.1. The Balaban J connectivity index is 1.76. The molecule has 0 fully saturated rings. The van der Waals surface area contributed by atoms with E-state index in [1.165, 1.54) is 0 Å². The molecule has 6 heteroatoms. The highest BCUT2D eigenvalue weighted by Crippen LogP contribution is 2.18. The molecule has 0 saturated carbocycles. The van der Waals surface area contributed by atoms with Gasteiger partial charge in [0, 0.05) is 12.5 Å². The fourth-order valence-corrected chi connectivity index (χ4v) is 2.61. The van der Waals surface area contributed by atoms with Crippen LogP contribution in [0.25, 0.3) is 10.9 Å². The van der Waals surface area contributed by atoms with Gasteiger partial charge in [0.25, 0.3) is 5.91 Å². The number of ether oxygens (including phenoxy) is 1. The minimum atomic E-state index is -0.147. The predicted molar refractivity (Wildman–Crippen MR) is 91.7 cm³/mol. The van der Waals surface area contributed by atoms with E-state index in [0.29, 0.717) is 24.4 Å². The van der Waals surface area contributed by atoms with Crippen molar-refractivity contribution in [1.29, 1.82) is 0 Å². The third-order valence-electron chi connectivity index (χ3n) is 3.82. The van der Waals surface area contributed by atoms with Gasteiger partial charge in [-0.1, -0.05) is 11.6 Å². The molecule has 0 aliphatic carbocycles. The number of carbonyl (C=O) groups excluding carboxylic acids is 1. The molecule has 0 bridgehead atoms.